The zero-order valence-electron chi connectivity index (χ0n) is 27.0. The minimum absolute atomic E-state index is 0.558. The molecule has 7 aromatic carbocycles. The van der Waals surface area contributed by atoms with Crippen molar-refractivity contribution in [3.05, 3.63) is 152 Å². The molecule has 6 heteroatoms. The second kappa shape index (κ2) is 10.7. The third-order valence-electron chi connectivity index (χ3n) is 9.76. The SMILES string of the molecule is c1ccc(-c2nc(-c3ccc4c(c3)oc3ccccc34)nc(-c3cccc4oc5cccc(-c6ccc7oc8ccccc8c7c6)c5c34)n2)cc1. The van der Waals surface area contributed by atoms with Gasteiger partial charge in [-0.2, -0.15) is 0 Å². The molecule has 0 saturated heterocycles. The Bertz CT molecular complexity index is 3150. The van der Waals surface area contributed by atoms with Crippen molar-refractivity contribution in [2.75, 3.05) is 0 Å². The highest BCUT2D eigenvalue weighted by atomic mass is 16.3. The first kappa shape index (κ1) is 27.9. The van der Waals surface area contributed by atoms with Crippen molar-refractivity contribution in [2.24, 2.45) is 0 Å². The minimum atomic E-state index is 0.558. The van der Waals surface area contributed by atoms with Crippen LogP contribution in [0.2, 0.25) is 0 Å². The predicted molar refractivity (Wildman–Crippen MR) is 203 cm³/mol. The molecular formula is C45H25N3O3. The normalized spacial score (nSPS) is 11.9. The quantitative estimate of drug-likeness (QED) is 0.188. The van der Waals surface area contributed by atoms with E-state index in [1.807, 2.05) is 97.1 Å². The number of nitrogens with zero attached hydrogens (tertiary/aromatic N) is 3. The summed E-state index contributed by atoms with van der Waals surface area (Å²) in [6.45, 7) is 0. The molecule has 0 bridgehead atoms. The van der Waals surface area contributed by atoms with Crippen molar-refractivity contribution in [3.63, 3.8) is 0 Å². The Labute approximate surface area is 290 Å². The van der Waals surface area contributed by atoms with Crippen LogP contribution in [0.1, 0.15) is 0 Å². The monoisotopic (exact) mass is 655 g/mol. The van der Waals surface area contributed by atoms with Crippen LogP contribution in [0.25, 0.3) is 111 Å². The van der Waals surface area contributed by atoms with Gasteiger partial charge in [0.05, 0.1) is 0 Å². The highest BCUT2D eigenvalue weighted by Crippen LogP contribution is 2.43. The first-order chi connectivity index (χ1) is 25.2. The first-order valence-electron chi connectivity index (χ1n) is 16.8. The van der Waals surface area contributed by atoms with E-state index in [9.17, 15) is 0 Å². The van der Waals surface area contributed by atoms with Gasteiger partial charge in [0.2, 0.25) is 0 Å². The van der Waals surface area contributed by atoms with E-state index in [1.54, 1.807) is 0 Å². The summed E-state index contributed by atoms with van der Waals surface area (Å²) >= 11 is 0. The molecule has 0 N–H and O–H groups in total. The predicted octanol–water partition coefficient (Wildman–Crippen LogP) is 12.2. The topological polar surface area (TPSA) is 78.1 Å². The van der Waals surface area contributed by atoms with Gasteiger partial charge in [-0.1, -0.05) is 103 Å². The highest BCUT2D eigenvalue weighted by Gasteiger charge is 2.21. The van der Waals surface area contributed by atoms with Crippen molar-refractivity contribution in [2.45, 2.75) is 0 Å². The summed E-state index contributed by atoms with van der Waals surface area (Å²) in [6, 6.07) is 51.1. The minimum Gasteiger partial charge on any atom is -0.456 e. The zero-order valence-corrected chi connectivity index (χ0v) is 27.0. The molecule has 0 atom stereocenters. The van der Waals surface area contributed by atoms with Gasteiger partial charge in [-0.3, -0.25) is 0 Å². The summed E-state index contributed by atoms with van der Waals surface area (Å²) in [5.41, 5.74) is 9.64. The maximum Gasteiger partial charge on any atom is 0.164 e. The zero-order chi connectivity index (χ0) is 33.5. The summed E-state index contributed by atoms with van der Waals surface area (Å²) in [4.78, 5) is 15.3. The number of para-hydroxylation sites is 2. The van der Waals surface area contributed by atoms with Crippen molar-refractivity contribution < 1.29 is 13.3 Å². The van der Waals surface area contributed by atoms with E-state index in [-0.39, 0.29) is 0 Å². The molecule has 0 aliphatic carbocycles. The molecule has 0 aliphatic rings. The maximum atomic E-state index is 6.52. The molecule has 0 spiro atoms. The molecule has 0 amide bonds. The van der Waals surface area contributed by atoms with Crippen molar-refractivity contribution in [3.8, 4) is 45.3 Å². The van der Waals surface area contributed by atoms with Crippen molar-refractivity contribution in [1.29, 1.82) is 0 Å². The second-order valence-corrected chi connectivity index (χ2v) is 12.8. The Morgan fingerprint density at radius 1 is 0.294 bits per heavy atom. The maximum absolute atomic E-state index is 6.52. The van der Waals surface area contributed by atoms with E-state index >= 15 is 0 Å². The first-order valence-corrected chi connectivity index (χ1v) is 16.8. The van der Waals surface area contributed by atoms with Gasteiger partial charge in [0.1, 0.15) is 33.5 Å². The Hall–Kier alpha value is -7.05. The summed E-state index contributed by atoms with van der Waals surface area (Å²) < 4.78 is 18.9. The molecule has 0 unspecified atom stereocenters. The van der Waals surface area contributed by atoms with Gasteiger partial charge in [0.15, 0.2) is 17.5 Å². The standard InChI is InChI=1S/C45H25N3O3/c1-2-10-26(11-3-1)43-46-44(28-20-22-32-30-12-4-6-16-35(30)50-40(32)25-28)48-45(47-43)33-15-9-19-39-42(33)41-29(14-8-18-38(41)51-39)27-21-23-37-34(24-27)31-13-5-7-17-36(31)49-37/h1-25H. The number of aromatic nitrogens is 3. The van der Waals surface area contributed by atoms with Crippen molar-refractivity contribution >= 4 is 65.8 Å². The highest BCUT2D eigenvalue weighted by molar-refractivity contribution is 6.18. The fourth-order valence-corrected chi connectivity index (χ4v) is 7.39. The molecule has 11 rings (SSSR count). The lowest BCUT2D eigenvalue weighted by atomic mass is 9.96. The summed E-state index contributed by atoms with van der Waals surface area (Å²) in [6.07, 6.45) is 0. The summed E-state index contributed by atoms with van der Waals surface area (Å²) in [7, 11) is 0. The fourth-order valence-electron chi connectivity index (χ4n) is 7.39. The lowest BCUT2D eigenvalue weighted by molar-refractivity contribution is 0.668. The number of fused-ring (bicyclic) bond motifs is 9. The van der Waals surface area contributed by atoms with Gasteiger partial charge in [-0.15, -0.1) is 0 Å². The fraction of sp³-hybridized carbons (Fsp3) is 0. The van der Waals surface area contributed by atoms with Gasteiger partial charge < -0.3 is 13.3 Å². The number of rotatable bonds is 4. The second-order valence-electron chi connectivity index (χ2n) is 12.8. The molecule has 4 heterocycles. The molecular weight excluding hydrogens is 631 g/mol. The molecule has 0 radical (unpaired) electrons. The van der Waals surface area contributed by atoms with E-state index < -0.39 is 0 Å². The van der Waals surface area contributed by atoms with Crippen LogP contribution in [0.5, 0.6) is 0 Å². The van der Waals surface area contributed by atoms with Crippen LogP contribution >= 0.6 is 0 Å². The Morgan fingerprint density at radius 3 is 1.61 bits per heavy atom. The van der Waals surface area contributed by atoms with Crippen LogP contribution in [-0.4, -0.2) is 15.0 Å². The molecule has 238 valence electrons. The van der Waals surface area contributed by atoms with Crippen LogP contribution in [0.3, 0.4) is 0 Å². The van der Waals surface area contributed by atoms with E-state index in [1.165, 1.54) is 0 Å². The molecule has 0 aliphatic heterocycles. The average Bonchev–Trinajstić information content (AvgIpc) is 3.88. The van der Waals surface area contributed by atoms with E-state index in [4.69, 9.17) is 28.2 Å². The van der Waals surface area contributed by atoms with Gasteiger partial charge in [0, 0.05) is 49.0 Å². The number of benzene rings is 7. The molecule has 6 nitrogen and oxygen atoms in total. The van der Waals surface area contributed by atoms with E-state index in [0.717, 1.165) is 93.6 Å². The Kier molecular flexibility index (Phi) is 5.86. The van der Waals surface area contributed by atoms with Crippen LogP contribution in [0, 0.1) is 0 Å². The number of hydrogen-bond donors (Lipinski definition) is 0. The van der Waals surface area contributed by atoms with Gasteiger partial charge in [-0.05, 0) is 59.7 Å². The lowest BCUT2D eigenvalue weighted by Gasteiger charge is -2.10. The molecule has 0 fully saturated rings. The average molecular weight is 656 g/mol. The van der Waals surface area contributed by atoms with Gasteiger partial charge in [-0.25, -0.2) is 15.0 Å². The van der Waals surface area contributed by atoms with Crippen LogP contribution in [0.4, 0.5) is 0 Å². The van der Waals surface area contributed by atoms with E-state index in [0.29, 0.717) is 17.5 Å². The molecule has 0 saturated carbocycles. The Balaban J connectivity index is 1.15. The number of hydrogen-bond acceptors (Lipinski definition) is 6. The molecule has 4 aromatic heterocycles. The van der Waals surface area contributed by atoms with Crippen LogP contribution in [0.15, 0.2) is 165 Å². The smallest absolute Gasteiger partial charge is 0.164 e. The summed E-state index contributed by atoms with van der Waals surface area (Å²) in [5.74, 6) is 1.70. The molecule has 51 heavy (non-hydrogen) atoms. The third-order valence-corrected chi connectivity index (χ3v) is 9.76. The van der Waals surface area contributed by atoms with Gasteiger partial charge >= 0.3 is 0 Å². The van der Waals surface area contributed by atoms with Gasteiger partial charge in [0.25, 0.3) is 0 Å². The third kappa shape index (κ3) is 4.33. The summed E-state index contributed by atoms with van der Waals surface area (Å²) in [5, 5.41) is 6.24. The molecule has 11 aromatic rings. The van der Waals surface area contributed by atoms with Crippen LogP contribution in [-0.2, 0) is 0 Å². The van der Waals surface area contributed by atoms with Crippen molar-refractivity contribution in [1.82, 2.24) is 15.0 Å². The largest absolute Gasteiger partial charge is 0.456 e. The lowest BCUT2D eigenvalue weighted by Crippen LogP contribution is -2.00. The van der Waals surface area contributed by atoms with E-state index in [2.05, 4.69) is 54.6 Å². The number of furan rings is 3. The Morgan fingerprint density at radius 2 is 0.824 bits per heavy atom. The van der Waals surface area contributed by atoms with Crippen LogP contribution < -0.4 is 0 Å².